The standard InChI is InChI=1S/C14H22N2O3.ClH/c1-18-10-5-8-16(9-11-19-2)14(17)12-6-3-4-7-13(12)15;/h3-4,6-7H,5,8-11,15H2,1-2H3;1H. The largest absolute Gasteiger partial charge is 0.398 e. The van der Waals surface area contributed by atoms with Crippen molar-refractivity contribution in [3.8, 4) is 0 Å². The van der Waals surface area contributed by atoms with Crippen LogP contribution in [0.3, 0.4) is 0 Å². The normalized spacial score (nSPS) is 9.90. The predicted molar refractivity (Wildman–Crippen MR) is 82.4 cm³/mol. The number of nitrogen functional groups attached to an aromatic ring is 1. The molecule has 0 aliphatic carbocycles. The number of carbonyl (C=O) groups is 1. The summed E-state index contributed by atoms with van der Waals surface area (Å²) in [5.74, 6) is -0.0637. The molecule has 0 saturated carbocycles. The number of methoxy groups -OCH3 is 2. The van der Waals surface area contributed by atoms with Crippen LogP contribution in [0.15, 0.2) is 24.3 Å². The van der Waals surface area contributed by atoms with E-state index >= 15 is 0 Å². The summed E-state index contributed by atoms with van der Waals surface area (Å²) in [7, 11) is 3.27. The second kappa shape index (κ2) is 10.5. The molecule has 1 amide bonds. The van der Waals surface area contributed by atoms with Crippen LogP contribution >= 0.6 is 12.4 Å². The molecular formula is C14H23ClN2O3. The first-order chi connectivity index (χ1) is 9.20. The average molecular weight is 303 g/mol. The maximum Gasteiger partial charge on any atom is 0.256 e. The number of benzene rings is 1. The molecule has 0 heterocycles. The number of amides is 1. The summed E-state index contributed by atoms with van der Waals surface area (Å²) in [6.07, 6.45) is 0.790. The number of nitrogens with two attached hydrogens (primary N) is 1. The lowest BCUT2D eigenvalue weighted by molar-refractivity contribution is 0.0675. The molecule has 0 radical (unpaired) electrons. The van der Waals surface area contributed by atoms with Crippen LogP contribution in [0.25, 0.3) is 0 Å². The minimum atomic E-state index is -0.0637. The van der Waals surface area contributed by atoms with E-state index in [0.717, 1.165) is 6.42 Å². The van der Waals surface area contributed by atoms with Gasteiger partial charge in [0.25, 0.3) is 5.91 Å². The van der Waals surface area contributed by atoms with E-state index in [2.05, 4.69) is 0 Å². The van der Waals surface area contributed by atoms with Crippen LogP contribution in [-0.2, 0) is 9.47 Å². The Balaban J connectivity index is 0.00000361. The van der Waals surface area contributed by atoms with Gasteiger partial charge in [-0.1, -0.05) is 12.1 Å². The predicted octanol–water partition coefficient (Wildman–Crippen LogP) is 1.82. The van der Waals surface area contributed by atoms with E-state index in [1.807, 2.05) is 12.1 Å². The summed E-state index contributed by atoms with van der Waals surface area (Å²) in [4.78, 5) is 14.2. The summed E-state index contributed by atoms with van der Waals surface area (Å²) in [5.41, 5.74) is 6.88. The van der Waals surface area contributed by atoms with E-state index in [1.165, 1.54) is 0 Å². The number of carbonyl (C=O) groups excluding carboxylic acids is 1. The Labute approximate surface area is 126 Å². The van der Waals surface area contributed by atoms with E-state index in [1.54, 1.807) is 31.3 Å². The van der Waals surface area contributed by atoms with Gasteiger partial charge in [-0.3, -0.25) is 4.79 Å². The highest BCUT2D eigenvalue weighted by Crippen LogP contribution is 2.13. The molecule has 20 heavy (non-hydrogen) atoms. The van der Waals surface area contributed by atoms with Crippen LogP contribution in [0.5, 0.6) is 0 Å². The van der Waals surface area contributed by atoms with Crippen molar-refractivity contribution in [2.75, 3.05) is 46.3 Å². The molecule has 0 fully saturated rings. The lowest BCUT2D eigenvalue weighted by atomic mass is 10.1. The summed E-state index contributed by atoms with van der Waals surface area (Å²) in [6, 6.07) is 7.11. The summed E-state index contributed by atoms with van der Waals surface area (Å²) < 4.78 is 10.1. The number of hydrogen-bond donors (Lipinski definition) is 1. The maximum absolute atomic E-state index is 12.4. The zero-order valence-electron chi connectivity index (χ0n) is 12.0. The Morgan fingerprint density at radius 1 is 1.15 bits per heavy atom. The average Bonchev–Trinajstić information content (AvgIpc) is 2.42. The van der Waals surface area contributed by atoms with Crippen molar-refractivity contribution in [2.45, 2.75) is 6.42 Å². The molecule has 114 valence electrons. The van der Waals surface area contributed by atoms with Crippen molar-refractivity contribution < 1.29 is 14.3 Å². The number of anilines is 1. The van der Waals surface area contributed by atoms with Crippen LogP contribution in [0.2, 0.25) is 0 Å². The lowest BCUT2D eigenvalue weighted by Gasteiger charge is -2.23. The fraction of sp³-hybridized carbons (Fsp3) is 0.500. The highest BCUT2D eigenvalue weighted by Gasteiger charge is 2.17. The monoisotopic (exact) mass is 302 g/mol. The number of halogens is 1. The second-order valence-electron chi connectivity index (χ2n) is 4.22. The van der Waals surface area contributed by atoms with Gasteiger partial charge >= 0.3 is 0 Å². The number of para-hydroxylation sites is 1. The van der Waals surface area contributed by atoms with Crippen molar-refractivity contribution in [2.24, 2.45) is 0 Å². The minimum Gasteiger partial charge on any atom is -0.398 e. The highest BCUT2D eigenvalue weighted by molar-refractivity contribution is 5.99. The third-order valence-electron chi connectivity index (χ3n) is 2.82. The molecule has 0 aliphatic heterocycles. The number of rotatable bonds is 8. The van der Waals surface area contributed by atoms with Gasteiger partial charge in [0.05, 0.1) is 12.2 Å². The number of nitrogens with zero attached hydrogens (tertiary/aromatic N) is 1. The molecule has 0 unspecified atom stereocenters. The minimum absolute atomic E-state index is 0. The Hall–Kier alpha value is -1.30. The maximum atomic E-state index is 12.4. The van der Waals surface area contributed by atoms with E-state index in [0.29, 0.717) is 37.6 Å². The first-order valence-electron chi connectivity index (χ1n) is 6.32. The zero-order chi connectivity index (χ0) is 14.1. The van der Waals surface area contributed by atoms with Crippen LogP contribution < -0.4 is 5.73 Å². The molecule has 1 aromatic rings. The van der Waals surface area contributed by atoms with Gasteiger partial charge in [0.1, 0.15) is 0 Å². The van der Waals surface area contributed by atoms with Gasteiger partial charge in [0.2, 0.25) is 0 Å². The number of hydrogen-bond acceptors (Lipinski definition) is 4. The van der Waals surface area contributed by atoms with E-state index in [-0.39, 0.29) is 18.3 Å². The lowest BCUT2D eigenvalue weighted by Crippen LogP contribution is -2.35. The molecule has 6 heteroatoms. The van der Waals surface area contributed by atoms with Crippen LogP contribution in [0.4, 0.5) is 5.69 Å². The Morgan fingerprint density at radius 2 is 1.80 bits per heavy atom. The van der Waals surface area contributed by atoms with Crippen LogP contribution in [0.1, 0.15) is 16.8 Å². The molecule has 1 aromatic carbocycles. The fourth-order valence-electron chi connectivity index (χ4n) is 1.78. The topological polar surface area (TPSA) is 64.8 Å². The molecule has 0 atom stereocenters. The van der Waals surface area contributed by atoms with Crippen molar-refractivity contribution in [3.63, 3.8) is 0 Å². The van der Waals surface area contributed by atoms with Crippen molar-refractivity contribution in [3.05, 3.63) is 29.8 Å². The van der Waals surface area contributed by atoms with Crippen LogP contribution in [-0.4, -0.2) is 51.3 Å². The van der Waals surface area contributed by atoms with Crippen molar-refractivity contribution in [1.82, 2.24) is 4.90 Å². The number of ether oxygens (including phenoxy) is 2. The smallest absolute Gasteiger partial charge is 0.256 e. The zero-order valence-corrected chi connectivity index (χ0v) is 12.8. The SMILES string of the molecule is COCCCN(CCOC)C(=O)c1ccccc1N.Cl. The molecule has 0 aromatic heterocycles. The fourth-order valence-corrected chi connectivity index (χ4v) is 1.78. The quantitative estimate of drug-likeness (QED) is 0.587. The van der Waals surface area contributed by atoms with Gasteiger partial charge in [-0.25, -0.2) is 0 Å². The van der Waals surface area contributed by atoms with E-state index < -0.39 is 0 Å². The first-order valence-corrected chi connectivity index (χ1v) is 6.32. The summed E-state index contributed by atoms with van der Waals surface area (Å²) >= 11 is 0. The van der Waals surface area contributed by atoms with Gasteiger partial charge < -0.3 is 20.1 Å². The Kier molecular flexibility index (Phi) is 9.80. The van der Waals surface area contributed by atoms with Crippen LogP contribution in [0, 0.1) is 0 Å². The van der Waals surface area contributed by atoms with Crippen molar-refractivity contribution in [1.29, 1.82) is 0 Å². The van der Waals surface area contributed by atoms with Gasteiger partial charge in [-0.05, 0) is 18.6 Å². The Morgan fingerprint density at radius 3 is 2.40 bits per heavy atom. The second-order valence-corrected chi connectivity index (χ2v) is 4.22. The molecule has 0 bridgehead atoms. The van der Waals surface area contributed by atoms with Gasteiger partial charge in [-0.15, -0.1) is 12.4 Å². The van der Waals surface area contributed by atoms with Gasteiger partial charge in [0, 0.05) is 39.6 Å². The molecule has 2 N–H and O–H groups in total. The molecule has 5 nitrogen and oxygen atoms in total. The highest BCUT2D eigenvalue weighted by atomic mass is 35.5. The van der Waals surface area contributed by atoms with Gasteiger partial charge in [-0.2, -0.15) is 0 Å². The third kappa shape index (κ3) is 5.77. The molecule has 0 aliphatic rings. The summed E-state index contributed by atoms with van der Waals surface area (Å²) in [6.45, 7) is 2.31. The molecule has 0 saturated heterocycles. The molecular weight excluding hydrogens is 280 g/mol. The molecule has 0 spiro atoms. The first kappa shape index (κ1) is 18.7. The van der Waals surface area contributed by atoms with Crippen molar-refractivity contribution >= 4 is 24.0 Å². The van der Waals surface area contributed by atoms with Gasteiger partial charge in [0.15, 0.2) is 0 Å². The Bertz CT molecular complexity index is 402. The van der Waals surface area contributed by atoms with E-state index in [4.69, 9.17) is 15.2 Å². The summed E-state index contributed by atoms with van der Waals surface area (Å²) in [5, 5.41) is 0. The third-order valence-corrected chi connectivity index (χ3v) is 2.82. The molecule has 1 rings (SSSR count). The van der Waals surface area contributed by atoms with E-state index in [9.17, 15) is 4.79 Å².